The summed E-state index contributed by atoms with van der Waals surface area (Å²) in [5.74, 6) is 0.574. The van der Waals surface area contributed by atoms with Crippen molar-refractivity contribution in [3.05, 3.63) is 48.0 Å². The summed E-state index contributed by atoms with van der Waals surface area (Å²) in [5.41, 5.74) is 2.22. The fraction of sp³-hybridized carbons (Fsp3) is 0.391. The summed E-state index contributed by atoms with van der Waals surface area (Å²) in [6.45, 7) is 4.78. The maximum Gasteiger partial charge on any atom is 0.222 e. The predicted octanol–water partition coefficient (Wildman–Crippen LogP) is 3.52. The minimum absolute atomic E-state index is 0.00900. The molecule has 1 aliphatic rings. The molecule has 1 aromatic heterocycles. The minimum atomic E-state index is -3.41. The highest BCUT2D eigenvalue weighted by atomic mass is 32.2. The average Bonchev–Trinajstić information content (AvgIpc) is 3.25. The molecule has 170 valence electrons. The Morgan fingerprint density at radius 3 is 2.47 bits per heavy atom. The van der Waals surface area contributed by atoms with Crippen LogP contribution in [0.4, 0.5) is 5.13 Å². The molecule has 1 saturated heterocycles. The summed E-state index contributed by atoms with van der Waals surface area (Å²) in [6, 6.07) is 12.5. The van der Waals surface area contributed by atoms with E-state index in [1.807, 2.05) is 11.0 Å². The summed E-state index contributed by atoms with van der Waals surface area (Å²) in [7, 11) is -1.88. The molecule has 0 saturated carbocycles. The van der Waals surface area contributed by atoms with Crippen molar-refractivity contribution in [2.24, 2.45) is 0 Å². The van der Waals surface area contributed by atoms with Gasteiger partial charge in [0.05, 0.1) is 28.0 Å². The van der Waals surface area contributed by atoms with Crippen molar-refractivity contribution < 1.29 is 17.9 Å². The molecule has 2 heterocycles. The number of amides is 1. The molecule has 0 atom stereocenters. The van der Waals surface area contributed by atoms with Crippen LogP contribution in [0.5, 0.6) is 5.75 Å². The molecule has 0 bridgehead atoms. The Hall–Kier alpha value is -2.65. The molecule has 0 unspecified atom stereocenters. The second-order valence-corrected chi connectivity index (χ2v) is 11.0. The molecule has 2 aromatic carbocycles. The molecule has 32 heavy (non-hydrogen) atoms. The van der Waals surface area contributed by atoms with Gasteiger partial charge in [-0.05, 0) is 49.2 Å². The van der Waals surface area contributed by atoms with Crippen molar-refractivity contribution >= 4 is 42.4 Å². The molecule has 0 N–H and O–H groups in total. The van der Waals surface area contributed by atoms with Crippen LogP contribution >= 0.6 is 11.3 Å². The lowest BCUT2D eigenvalue weighted by Crippen LogP contribution is -2.48. The number of hydrogen-bond donors (Lipinski definition) is 0. The first-order chi connectivity index (χ1) is 15.4. The van der Waals surface area contributed by atoms with E-state index < -0.39 is 9.84 Å². The summed E-state index contributed by atoms with van der Waals surface area (Å²) < 4.78 is 31.3. The van der Waals surface area contributed by atoms with E-state index in [1.54, 1.807) is 35.6 Å². The van der Waals surface area contributed by atoms with Gasteiger partial charge in [-0.1, -0.05) is 23.5 Å². The van der Waals surface area contributed by atoms with E-state index >= 15 is 0 Å². The van der Waals surface area contributed by atoms with Crippen LogP contribution in [0.15, 0.2) is 47.4 Å². The van der Waals surface area contributed by atoms with Crippen LogP contribution in [-0.4, -0.2) is 63.3 Å². The van der Waals surface area contributed by atoms with Gasteiger partial charge in [-0.25, -0.2) is 13.4 Å². The Balaban J connectivity index is 1.27. The van der Waals surface area contributed by atoms with E-state index in [9.17, 15) is 13.2 Å². The van der Waals surface area contributed by atoms with Crippen molar-refractivity contribution in [1.29, 1.82) is 0 Å². The molecule has 0 spiro atoms. The summed E-state index contributed by atoms with van der Waals surface area (Å²) in [5, 5.41) is 0.993. The number of thiazole rings is 1. The van der Waals surface area contributed by atoms with Gasteiger partial charge in [-0.15, -0.1) is 0 Å². The maximum atomic E-state index is 12.6. The van der Waals surface area contributed by atoms with Gasteiger partial charge in [0.15, 0.2) is 15.0 Å². The van der Waals surface area contributed by atoms with Gasteiger partial charge < -0.3 is 14.5 Å². The van der Waals surface area contributed by atoms with Gasteiger partial charge in [0.1, 0.15) is 5.75 Å². The zero-order valence-corrected chi connectivity index (χ0v) is 19.9. The van der Waals surface area contributed by atoms with Crippen LogP contribution in [0.2, 0.25) is 0 Å². The fourth-order valence-corrected chi connectivity index (χ4v) is 6.24. The highest BCUT2D eigenvalue weighted by Gasteiger charge is 2.24. The highest BCUT2D eigenvalue weighted by molar-refractivity contribution is 7.91. The lowest BCUT2D eigenvalue weighted by atomic mass is 10.2. The molecule has 1 aliphatic heterocycles. The van der Waals surface area contributed by atoms with Crippen LogP contribution in [0.1, 0.15) is 18.4 Å². The van der Waals surface area contributed by atoms with E-state index in [-0.39, 0.29) is 23.0 Å². The van der Waals surface area contributed by atoms with Crippen molar-refractivity contribution in [2.75, 3.05) is 43.9 Å². The van der Waals surface area contributed by atoms with E-state index in [0.717, 1.165) is 23.7 Å². The smallest absolute Gasteiger partial charge is 0.222 e. The van der Waals surface area contributed by atoms with Gasteiger partial charge in [0, 0.05) is 32.6 Å². The molecule has 1 fully saturated rings. The van der Waals surface area contributed by atoms with E-state index in [2.05, 4.69) is 24.0 Å². The van der Waals surface area contributed by atoms with Crippen LogP contribution in [0.25, 0.3) is 10.2 Å². The monoisotopic (exact) mass is 473 g/mol. The number of carbonyl (C=O) groups is 1. The third-order valence-corrected chi connectivity index (χ3v) is 8.63. The Kier molecular flexibility index (Phi) is 6.66. The number of ether oxygens (including phenoxy) is 1. The second-order valence-electron chi connectivity index (χ2n) is 7.88. The van der Waals surface area contributed by atoms with Gasteiger partial charge in [-0.3, -0.25) is 4.79 Å². The Bertz CT molecular complexity index is 1200. The number of methoxy groups -OCH3 is 1. The number of piperazine rings is 1. The number of aryl methyl sites for hydroxylation is 1. The normalized spacial score (nSPS) is 14.7. The SMILES string of the molecule is COc1ccc(S(=O)(=O)CCCC(=O)N2CCN(c3nc4c(C)cccc4s3)CC2)cc1. The highest BCUT2D eigenvalue weighted by Crippen LogP contribution is 2.31. The maximum absolute atomic E-state index is 12.6. The number of nitrogens with zero attached hydrogens (tertiary/aromatic N) is 3. The van der Waals surface area contributed by atoms with Crippen LogP contribution in [0, 0.1) is 6.92 Å². The molecule has 3 aromatic rings. The lowest BCUT2D eigenvalue weighted by Gasteiger charge is -2.34. The zero-order chi connectivity index (χ0) is 22.7. The van der Waals surface area contributed by atoms with Gasteiger partial charge >= 0.3 is 0 Å². The molecule has 9 heteroatoms. The number of benzene rings is 2. The second kappa shape index (κ2) is 9.46. The zero-order valence-electron chi connectivity index (χ0n) is 18.3. The molecule has 1 amide bonds. The molecular weight excluding hydrogens is 446 g/mol. The van der Waals surface area contributed by atoms with Crippen molar-refractivity contribution in [3.8, 4) is 5.75 Å². The fourth-order valence-electron chi connectivity index (χ4n) is 3.83. The first-order valence-electron chi connectivity index (χ1n) is 10.6. The average molecular weight is 474 g/mol. The van der Waals surface area contributed by atoms with Gasteiger partial charge in [-0.2, -0.15) is 0 Å². The first kappa shape index (κ1) is 22.5. The Labute approximate surface area is 192 Å². The third-order valence-electron chi connectivity index (χ3n) is 5.73. The lowest BCUT2D eigenvalue weighted by molar-refractivity contribution is -0.131. The standard InChI is InChI=1S/C23H27N3O4S2/c1-17-5-3-6-20-22(17)24-23(31-20)26-14-12-25(13-15-26)21(27)7-4-16-32(28,29)19-10-8-18(30-2)9-11-19/h3,5-6,8-11H,4,7,12-16H2,1-2H3. The number of hydrogen-bond acceptors (Lipinski definition) is 7. The summed E-state index contributed by atoms with van der Waals surface area (Å²) in [4.78, 5) is 21.7. The number of anilines is 1. The number of carbonyl (C=O) groups excluding carboxylic acids is 1. The topological polar surface area (TPSA) is 79.8 Å². The third kappa shape index (κ3) is 4.88. The van der Waals surface area contributed by atoms with Crippen LogP contribution in [0.3, 0.4) is 0 Å². The molecule has 4 rings (SSSR count). The number of para-hydroxylation sites is 1. The van der Waals surface area contributed by atoms with Crippen molar-refractivity contribution in [1.82, 2.24) is 9.88 Å². The largest absolute Gasteiger partial charge is 0.497 e. The van der Waals surface area contributed by atoms with E-state index in [4.69, 9.17) is 9.72 Å². The van der Waals surface area contributed by atoms with E-state index in [1.165, 1.54) is 17.4 Å². The predicted molar refractivity (Wildman–Crippen MR) is 127 cm³/mol. The van der Waals surface area contributed by atoms with E-state index in [0.29, 0.717) is 25.3 Å². The van der Waals surface area contributed by atoms with Crippen molar-refractivity contribution in [2.45, 2.75) is 24.7 Å². The minimum Gasteiger partial charge on any atom is -0.497 e. The number of aromatic nitrogens is 1. The number of sulfone groups is 1. The van der Waals surface area contributed by atoms with Gasteiger partial charge in [0.25, 0.3) is 0 Å². The number of rotatable bonds is 7. The van der Waals surface area contributed by atoms with Gasteiger partial charge in [0.2, 0.25) is 5.91 Å². The van der Waals surface area contributed by atoms with Crippen LogP contribution < -0.4 is 9.64 Å². The Morgan fingerprint density at radius 2 is 1.81 bits per heavy atom. The molecular formula is C23H27N3O4S2. The summed E-state index contributed by atoms with van der Waals surface area (Å²) >= 11 is 1.68. The van der Waals surface area contributed by atoms with Crippen molar-refractivity contribution in [3.63, 3.8) is 0 Å². The molecule has 0 radical (unpaired) electrons. The van der Waals surface area contributed by atoms with Crippen LogP contribution in [-0.2, 0) is 14.6 Å². The number of fused-ring (bicyclic) bond motifs is 1. The quantitative estimate of drug-likeness (QED) is 0.522. The Morgan fingerprint density at radius 1 is 1.09 bits per heavy atom. The first-order valence-corrected chi connectivity index (χ1v) is 13.1. The molecule has 0 aliphatic carbocycles. The summed E-state index contributed by atoms with van der Waals surface area (Å²) in [6.07, 6.45) is 0.542. The molecule has 7 nitrogen and oxygen atoms in total.